The van der Waals surface area contributed by atoms with E-state index in [-0.39, 0.29) is 5.12 Å². The van der Waals surface area contributed by atoms with E-state index in [1.54, 1.807) is 0 Å². The maximum absolute atomic E-state index is 10.2. The van der Waals surface area contributed by atoms with Crippen molar-refractivity contribution in [3.8, 4) is 0 Å². The summed E-state index contributed by atoms with van der Waals surface area (Å²) in [6.07, 6.45) is 0. The predicted molar refractivity (Wildman–Crippen MR) is 38.7 cm³/mol. The summed E-state index contributed by atoms with van der Waals surface area (Å²) in [7, 11) is 0. The van der Waals surface area contributed by atoms with Gasteiger partial charge in [-0.25, -0.2) is 0 Å². The fourth-order valence-corrected chi connectivity index (χ4v) is 1.07. The molecule has 0 amide bonds. The van der Waals surface area contributed by atoms with Gasteiger partial charge in [-0.05, 0) is 0 Å². The average Bonchev–Trinajstić information content (AvgIpc) is 1.63. The maximum atomic E-state index is 10.2. The van der Waals surface area contributed by atoms with Gasteiger partial charge in [0.2, 0.25) is 0 Å². The Morgan fingerprint density at radius 3 is 2.22 bits per heavy atom. The molecule has 5 heteroatoms. The second-order valence-corrected chi connectivity index (χ2v) is 3.45. The van der Waals surface area contributed by atoms with Crippen LogP contribution < -0.4 is 0 Å². The first-order valence-corrected chi connectivity index (χ1v) is 3.51. The molecule has 0 bridgehead atoms. The summed E-state index contributed by atoms with van der Waals surface area (Å²) in [5, 5.41) is 7.94. The summed E-state index contributed by atoms with van der Waals surface area (Å²) in [6.45, 7) is 1.30. The van der Waals surface area contributed by atoms with Crippen molar-refractivity contribution in [3.63, 3.8) is 0 Å². The van der Waals surface area contributed by atoms with Crippen LogP contribution in [0, 0.1) is 0 Å². The minimum Gasteiger partial charge on any atom is -0.480 e. The minimum absolute atomic E-state index is 0.239. The molecule has 0 saturated carbocycles. The first-order valence-electron chi connectivity index (χ1n) is 2.12. The van der Waals surface area contributed by atoms with Gasteiger partial charge < -0.3 is 5.11 Å². The topological polar surface area (TPSA) is 54.4 Å². The molecule has 0 spiro atoms. The fourth-order valence-electron chi connectivity index (χ4n) is 0.208. The van der Waals surface area contributed by atoms with Gasteiger partial charge in [0, 0.05) is 6.92 Å². The highest BCUT2D eigenvalue weighted by atomic mass is 32.2. The molecular formula is C4H6O3S2. The predicted octanol–water partition coefficient (Wildman–Crippen LogP) is 0.607. The molecular weight excluding hydrogens is 160 g/mol. The highest BCUT2D eigenvalue weighted by Crippen LogP contribution is 2.14. The van der Waals surface area contributed by atoms with E-state index in [0.29, 0.717) is 11.8 Å². The number of hydrogen-bond acceptors (Lipinski definition) is 4. The van der Waals surface area contributed by atoms with Crippen LogP contribution in [-0.4, -0.2) is 20.8 Å². The molecule has 0 rings (SSSR count). The Bertz CT molecular complexity index is 134. The summed E-state index contributed by atoms with van der Waals surface area (Å²) in [5.74, 6) is -1.08. The second-order valence-electron chi connectivity index (χ2n) is 1.30. The largest absolute Gasteiger partial charge is 0.480 e. The van der Waals surface area contributed by atoms with E-state index >= 15 is 0 Å². The van der Waals surface area contributed by atoms with Gasteiger partial charge in [0.1, 0.15) is 0 Å². The van der Waals surface area contributed by atoms with Gasteiger partial charge in [0.25, 0.3) is 0 Å². The van der Waals surface area contributed by atoms with Gasteiger partial charge in [0.15, 0.2) is 9.70 Å². The molecule has 0 aromatic carbocycles. The van der Waals surface area contributed by atoms with Gasteiger partial charge in [-0.2, -0.15) is 12.6 Å². The Kier molecular flexibility index (Phi) is 3.72. The van der Waals surface area contributed by atoms with Gasteiger partial charge in [0.05, 0.1) is 0 Å². The summed E-state index contributed by atoms with van der Waals surface area (Å²) in [6, 6.07) is 0. The molecule has 0 fully saturated rings. The molecule has 1 N–H and O–H groups in total. The molecule has 3 nitrogen and oxygen atoms in total. The third kappa shape index (κ3) is 4.35. The first kappa shape index (κ1) is 8.84. The summed E-state index contributed by atoms with van der Waals surface area (Å²) in [4.78, 5) is 20.2. The molecule has 9 heavy (non-hydrogen) atoms. The zero-order valence-electron chi connectivity index (χ0n) is 4.70. The van der Waals surface area contributed by atoms with Crippen molar-refractivity contribution in [2.45, 2.75) is 11.5 Å². The van der Waals surface area contributed by atoms with E-state index in [9.17, 15) is 9.59 Å². The van der Waals surface area contributed by atoms with Crippen molar-refractivity contribution in [2.24, 2.45) is 0 Å². The monoisotopic (exact) mass is 166 g/mol. The number of thiol groups is 1. The number of rotatable bonds is 2. The van der Waals surface area contributed by atoms with Crippen LogP contribution in [0.3, 0.4) is 0 Å². The van der Waals surface area contributed by atoms with Crippen LogP contribution in [0.15, 0.2) is 0 Å². The normalized spacial score (nSPS) is 12.7. The van der Waals surface area contributed by atoms with Gasteiger partial charge in [-0.3, -0.25) is 9.59 Å². The highest BCUT2D eigenvalue weighted by Gasteiger charge is 2.13. The molecule has 0 aromatic rings. The van der Waals surface area contributed by atoms with E-state index in [1.165, 1.54) is 6.92 Å². The van der Waals surface area contributed by atoms with Crippen LogP contribution in [-0.2, 0) is 9.59 Å². The molecule has 1 unspecified atom stereocenters. The number of hydrogen-bond donors (Lipinski definition) is 2. The van der Waals surface area contributed by atoms with Crippen molar-refractivity contribution in [1.29, 1.82) is 0 Å². The average molecular weight is 166 g/mol. The molecule has 0 aliphatic carbocycles. The van der Waals surface area contributed by atoms with Gasteiger partial charge in [-0.1, -0.05) is 11.8 Å². The maximum Gasteiger partial charge on any atom is 0.327 e. The number of aliphatic carboxylic acids is 1. The van der Waals surface area contributed by atoms with Crippen molar-refractivity contribution in [3.05, 3.63) is 0 Å². The lowest BCUT2D eigenvalue weighted by atomic mass is 10.8. The molecule has 0 radical (unpaired) electrons. The lowest BCUT2D eigenvalue weighted by Gasteiger charge is -1.98. The van der Waals surface area contributed by atoms with E-state index < -0.39 is 10.6 Å². The lowest BCUT2D eigenvalue weighted by Crippen LogP contribution is -2.10. The van der Waals surface area contributed by atoms with Crippen LogP contribution >= 0.6 is 24.4 Å². The molecule has 1 atom stereocenters. The number of thioether (sulfide) groups is 1. The molecule has 0 aliphatic heterocycles. The van der Waals surface area contributed by atoms with E-state index in [1.807, 2.05) is 0 Å². The lowest BCUT2D eigenvalue weighted by molar-refractivity contribution is -0.134. The number of carbonyl (C=O) groups is 2. The Hall–Kier alpha value is -0.160. The SMILES string of the molecule is CC(=O)SC(S)C(=O)O. The Morgan fingerprint density at radius 2 is 2.11 bits per heavy atom. The van der Waals surface area contributed by atoms with Crippen molar-refractivity contribution in [2.75, 3.05) is 0 Å². The molecule has 0 saturated heterocycles. The zero-order valence-corrected chi connectivity index (χ0v) is 6.41. The smallest absolute Gasteiger partial charge is 0.327 e. The minimum atomic E-state index is -1.08. The van der Waals surface area contributed by atoms with Crippen LogP contribution in [0.2, 0.25) is 0 Å². The Balaban J connectivity index is 3.63. The van der Waals surface area contributed by atoms with Crippen molar-refractivity contribution < 1.29 is 14.7 Å². The van der Waals surface area contributed by atoms with Crippen LogP contribution in [0.1, 0.15) is 6.92 Å². The summed E-state index contributed by atoms with van der Waals surface area (Å²) >= 11 is 4.30. The molecule has 0 heterocycles. The molecule has 52 valence electrons. The molecule has 0 aromatic heterocycles. The van der Waals surface area contributed by atoms with E-state index in [0.717, 1.165) is 0 Å². The van der Waals surface area contributed by atoms with Crippen LogP contribution in [0.5, 0.6) is 0 Å². The standard InChI is InChI=1S/C4H6O3S2/c1-2(5)9-4(8)3(6)7/h4,8H,1H3,(H,6,7). The van der Waals surface area contributed by atoms with Crippen LogP contribution in [0.25, 0.3) is 0 Å². The fraction of sp³-hybridized carbons (Fsp3) is 0.500. The van der Waals surface area contributed by atoms with E-state index in [4.69, 9.17) is 5.11 Å². The van der Waals surface area contributed by atoms with E-state index in [2.05, 4.69) is 12.6 Å². The Labute approximate surface area is 62.2 Å². The second kappa shape index (κ2) is 3.79. The number of carboxylic acids is 1. The number of carboxylic acid groups (broad SMARTS) is 1. The van der Waals surface area contributed by atoms with Crippen LogP contribution in [0.4, 0.5) is 0 Å². The quantitative estimate of drug-likeness (QED) is 0.466. The third-order valence-corrected chi connectivity index (χ3v) is 1.78. The summed E-state index contributed by atoms with van der Waals surface area (Å²) in [5.41, 5.74) is 0. The molecule has 0 aliphatic rings. The highest BCUT2D eigenvalue weighted by molar-refractivity contribution is 8.21. The number of carbonyl (C=O) groups excluding carboxylic acids is 1. The summed E-state index contributed by atoms with van der Waals surface area (Å²) < 4.78 is -0.928. The van der Waals surface area contributed by atoms with Gasteiger partial charge in [-0.15, -0.1) is 0 Å². The van der Waals surface area contributed by atoms with Crippen molar-refractivity contribution >= 4 is 35.5 Å². The van der Waals surface area contributed by atoms with Gasteiger partial charge >= 0.3 is 5.97 Å². The Morgan fingerprint density at radius 1 is 1.67 bits per heavy atom. The third-order valence-electron chi connectivity index (χ3n) is 0.489. The van der Waals surface area contributed by atoms with Crippen molar-refractivity contribution in [1.82, 2.24) is 0 Å². The first-order chi connectivity index (χ1) is 4.04. The zero-order chi connectivity index (χ0) is 7.44.